The summed E-state index contributed by atoms with van der Waals surface area (Å²) in [4.78, 5) is 0. The Morgan fingerprint density at radius 1 is 0.938 bits per heavy atom. The van der Waals surface area contributed by atoms with Crippen LogP contribution in [0.5, 0.6) is 0 Å². The molecule has 0 bridgehead atoms. The minimum absolute atomic E-state index is 0. The summed E-state index contributed by atoms with van der Waals surface area (Å²) >= 11 is 0. The second-order valence-corrected chi connectivity index (χ2v) is 4.26. The molecule has 1 radical (unpaired) electrons. The van der Waals surface area contributed by atoms with Crippen LogP contribution in [0.3, 0.4) is 0 Å². The van der Waals surface area contributed by atoms with Crippen molar-refractivity contribution in [2.24, 2.45) is 0 Å². The molecular weight excluding hydrogens is 359 g/mol. The summed E-state index contributed by atoms with van der Waals surface area (Å²) in [6.07, 6.45) is 11.2. The van der Waals surface area contributed by atoms with Crippen molar-refractivity contribution in [3.63, 3.8) is 0 Å². The maximum atomic E-state index is 2.29. The van der Waals surface area contributed by atoms with Crippen LogP contribution >= 0.6 is 0 Å². The molecule has 0 spiro atoms. The third-order valence-corrected chi connectivity index (χ3v) is 3.07. The number of hydrogen-bond acceptors (Lipinski definition) is 0. The molecule has 83 valence electrons. The van der Waals surface area contributed by atoms with Gasteiger partial charge < -0.3 is 0 Å². The third kappa shape index (κ3) is 3.41. The largest absolute Gasteiger partial charge is 0.0721 e. The first-order chi connectivity index (χ1) is 7.42. The van der Waals surface area contributed by atoms with Gasteiger partial charge in [-0.05, 0) is 17.5 Å². The molecule has 2 rings (SSSR count). The van der Waals surface area contributed by atoms with E-state index in [1.54, 1.807) is 0 Å². The molecular formula is C15H19Hf. The molecule has 1 aromatic rings. The van der Waals surface area contributed by atoms with Crippen LogP contribution < -0.4 is 0 Å². The molecule has 0 atom stereocenters. The van der Waals surface area contributed by atoms with Crippen molar-refractivity contribution in [3.8, 4) is 0 Å². The van der Waals surface area contributed by atoms with Gasteiger partial charge in [-0.15, -0.1) is 0 Å². The van der Waals surface area contributed by atoms with Crippen LogP contribution in [-0.2, 0) is 25.8 Å². The molecule has 0 saturated carbocycles. The molecule has 1 aliphatic carbocycles. The molecule has 0 aromatic heterocycles. The van der Waals surface area contributed by atoms with Gasteiger partial charge >= 0.3 is 0 Å². The van der Waals surface area contributed by atoms with Crippen molar-refractivity contribution in [3.05, 3.63) is 47.4 Å². The molecule has 1 aliphatic rings. The van der Waals surface area contributed by atoms with Crippen LogP contribution in [0.4, 0.5) is 0 Å². The first-order valence-electron chi connectivity index (χ1n) is 6.05. The summed E-state index contributed by atoms with van der Waals surface area (Å²) in [5.74, 6) is 1.53. The number of fused-ring (bicyclic) bond motifs is 1. The summed E-state index contributed by atoms with van der Waals surface area (Å²) in [6.45, 7) is 2.26. The summed E-state index contributed by atoms with van der Waals surface area (Å²) in [6, 6.07) is 8.69. The van der Waals surface area contributed by atoms with E-state index in [2.05, 4.69) is 43.3 Å². The molecule has 0 unspecified atom stereocenters. The summed E-state index contributed by atoms with van der Waals surface area (Å²) in [7, 11) is 0. The molecule has 0 nitrogen and oxygen atoms in total. The molecule has 0 fully saturated rings. The van der Waals surface area contributed by atoms with Gasteiger partial charge in [0.25, 0.3) is 0 Å². The SMILES string of the molecule is CCCCCC[C]1C=Cc2ccccc21.[Hf]. The van der Waals surface area contributed by atoms with Crippen molar-refractivity contribution >= 4 is 6.08 Å². The Balaban J connectivity index is 0.00000128. The number of hydrogen-bond donors (Lipinski definition) is 0. The number of rotatable bonds is 5. The van der Waals surface area contributed by atoms with Gasteiger partial charge in [-0.2, -0.15) is 0 Å². The van der Waals surface area contributed by atoms with Crippen LogP contribution in [0.25, 0.3) is 6.08 Å². The maximum absolute atomic E-state index is 2.29. The van der Waals surface area contributed by atoms with E-state index in [1.165, 1.54) is 49.1 Å². The Hall–Kier alpha value is -0.170. The second-order valence-electron chi connectivity index (χ2n) is 4.26. The van der Waals surface area contributed by atoms with Crippen molar-refractivity contribution < 1.29 is 25.8 Å². The van der Waals surface area contributed by atoms with Crippen molar-refractivity contribution in [2.45, 2.75) is 39.0 Å². The van der Waals surface area contributed by atoms with Gasteiger partial charge in [0, 0.05) is 31.8 Å². The van der Waals surface area contributed by atoms with E-state index in [-0.39, 0.29) is 25.8 Å². The monoisotopic (exact) mass is 379 g/mol. The van der Waals surface area contributed by atoms with Gasteiger partial charge in [0.15, 0.2) is 0 Å². The zero-order valence-electron chi connectivity index (χ0n) is 10.00. The van der Waals surface area contributed by atoms with E-state index >= 15 is 0 Å². The smallest absolute Gasteiger partial charge is 0.0273 e. The maximum Gasteiger partial charge on any atom is 0.0273 e. The number of unbranched alkanes of at least 4 members (excludes halogenated alkanes) is 3. The fourth-order valence-corrected chi connectivity index (χ4v) is 2.18. The van der Waals surface area contributed by atoms with Crippen LogP contribution in [0.2, 0.25) is 0 Å². The van der Waals surface area contributed by atoms with Gasteiger partial charge in [0.05, 0.1) is 0 Å². The van der Waals surface area contributed by atoms with Crippen molar-refractivity contribution in [2.75, 3.05) is 0 Å². The Morgan fingerprint density at radius 3 is 2.56 bits per heavy atom. The van der Waals surface area contributed by atoms with Gasteiger partial charge in [-0.3, -0.25) is 0 Å². The van der Waals surface area contributed by atoms with E-state index in [1.807, 2.05) is 0 Å². The van der Waals surface area contributed by atoms with Crippen molar-refractivity contribution in [1.29, 1.82) is 0 Å². The molecule has 0 N–H and O–H groups in total. The van der Waals surface area contributed by atoms with Crippen molar-refractivity contribution in [1.82, 2.24) is 0 Å². The quantitative estimate of drug-likeness (QED) is 0.519. The average molecular weight is 378 g/mol. The Bertz CT molecular complexity index is 341. The minimum Gasteiger partial charge on any atom is -0.0721 e. The zero-order valence-corrected chi connectivity index (χ0v) is 13.6. The predicted molar refractivity (Wildman–Crippen MR) is 66.6 cm³/mol. The molecule has 16 heavy (non-hydrogen) atoms. The standard InChI is InChI=1S/C15H19.Hf/c1-2-3-4-5-8-13-11-12-14-9-6-7-10-15(13)14;/h6-7,9-12H,2-5,8H2,1H3;. The first kappa shape index (κ1) is 13.9. The van der Waals surface area contributed by atoms with Gasteiger partial charge in [0.1, 0.15) is 0 Å². The van der Waals surface area contributed by atoms with E-state index in [4.69, 9.17) is 0 Å². The summed E-state index contributed by atoms with van der Waals surface area (Å²) in [5.41, 5.74) is 2.84. The Morgan fingerprint density at radius 2 is 1.75 bits per heavy atom. The topological polar surface area (TPSA) is 0 Å². The first-order valence-corrected chi connectivity index (χ1v) is 6.05. The van der Waals surface area contributed by atoms with Gasteiger partial charge in [0.2, 0.25) is 0 Å². The number of benzene rings is 1. The Labute approximate surface area is 118 Å². The Kier molecular flexibility index (Phi) is 6.26. The summed E-state index contributed by atoms with van der Waals surface area (Å²) in [5, 5.41) is 0. The number of allylic oxidation sites excluding steroid dienone is 1. The average Bonchev–Trinajstić information content (AvgIpc) is 2.68. The third-order valence-electron chi connectivity index (χ3n) is 3.07. The van der Waals surface area contributed by atoms with E-state index in [0.717, 1.165) is 0 Å². The van der Waals surface area contributed by atoms with Crippen LogP contribution in [0.15, 0.2) is 30.3 Å². The fourth-order valence-electron chi connectivity index (χ4n) is 2.18. The second kappa shape index (κ2) is 7.21. The molecule has 0 heterocycles. The fraction of sp³-hybridized carbons (Fsp3) is 0.400. The van der Waals surface area contributed by atoms with E-state index < -0.39 is 0 Å². The van der Waals surface area contributed by atoms with Crippen LogP contribution in [0, 0.1) is 5.92 Å². The molecule has 0 aliphatic heterocycles. The molecule has 0 amide bonds. The molecule has 1 aromatic carbocycles. The van der Waals surface area contributed by atoms with E-state index in [9.17, 15) is 0 Å². The summed E-state index contributed by atoms with van der Waals surface area (Å²) < 4.78 is 0. The molecule has 1 heteroatoms. The predicted octanol–water partition coefficient (Wildman–Crippen LogP) is 4.60. The van der Waals surface area contributed by atoms with Crippen LogP contribution in [0.1, 0.15) is 50.2 Å². The van der Waals surface area contributed by atoms with Gasteiger partial charge in [-0.25, -0.2) is 0 Å². The minimum atomic E-state index is 0. The molecule has 0 saturated heterocycles. The van der Waals surface area contributed by atoms with E-state index in [0.29, 0.717) is 0 Å². The van der Waals surface area contributed by atoms with Gasteiger partial charge in [-0.1, -0.05) is 69.0 Å². The zero-order chi connectivity index (χ0) is 10.5. The normalized spacial score (nSPS) is 13.6. The van der Waals surface area contributed by atoms with Crippen LogP contribution in [-0.4, -0.2) is 0 Å².